The van der Waals surface area contributed by atoms with Gasteiger partial charge >= 0.3 is 12.1 Å². The third-order valence-corrected chi connectivity index (χ3v) is 2.46. The molecule has 0 heterocycles. The highest BCUT2D eigenvalue weighted by Gasteiger charge is 2.63. The maximum atomic E-state index is 13.1. The average molecular weight is 266 g/mol. The van der Waals surface area contributed by atoms with Gasteiger partial charge in [0.15, 0.2) is 0 Å². The Kier molecular flexibility index (Phi) is 3.66. The van der Waals surface area contributed by atoms with Crippen LogP contribution in [0.4, 0.5) is 17.6 Å². The summed E-state index contributed by atoms with van der Waals surface area (Å²) in [5, 5.41) is 8.83. The molecule has 3 nitrogen and oxygen atoms in total. The third kappa shape index (κ3) is 2.17. The van der Waals surface area contributed by atoms with Gasteiger partial charge in [-0.2, -0.15) is 13.2 Å². The molecule has 0 aliphatic heterocycles. The van der Waals surface area contributed by atoms with Gasteiger partial charge in [0.25, 0.3) is 5.60 Å². The predicted octanol–water partition coefficient (Wildman–Crippen LogP) is 2.62. The Morgan fingerprint density at radius 3 is 2.17 bits per heavy atom. The van der Waals surface area contributed by atoms with Crippen LogP contribution in [0.15, 0.2) is 18.2 Å². The molecule has 1 unspecified atom stereocenters. The zero-order chi connectivity index (χ0) is 14.1. The summed E-state index contributed by atoms with van der Waals surface area (Å²) in [5.74, 6) is -3.21. The average Bonchev–Trinajstić information content (AvgIpc) is 2.14. The number of aliphatic carboxylic acids is 1. The summed E-state index contributed by atoms with van der Waals surface area (Å²) in [5.41, 5.74) is -4.21. The fraction of sp³-hybridized carbons (Fsp3) is 0.364. The summed E-state index contributed by atoms with van der Waals surface area (Å²) >= 11 is 0. The van der Waals surface area contributed by atoms with Crippen molar-refractivity contribution in [2.24, 2.45) is 0 Å². The van der Waals surface area contributed by atoms with Crippen LogP contribution >= 0.6 is 0 Å². The van der Waals surface area contributed by atoms with Crippen LogP contribution in [0.2, 0.25) is 0 Å². The molecule has 0 spiro atoms. The van der Waals surface area contributed by atoms with Gasteiger partial charge in [0.05, 0.1) is 0 Å². The molecule has 1 aromatic carbocycles. The number of carboxylic acids is 1. The highest BCUT2D eigenvalue weighted by molar-refractivity contribution is 5.80. The molecular formula is C11H10F4O3. The largest absolute Gasteiger partial charge is 0.479 e. The van der Waals surface area contributed by atoms with Crippen molar-refractivity contribution in [3.05, 3.63) is 35.1 Å². The molecule has 0 radical (unpaired) electrons. The van der Waals surface area contributed by atoms with Gasteiger partial charge in [0.2, 0.25) is 0 Å². The second kappa shape index (κ2) is 4.56. The van der Waals surface area contributed by atoms with Gasteiger partial charge in [-0.3, -0.25) is 0 Å². The van der Waals surface area contributed by atoms with Crippen molar-refractivity contribution in [2.75, 3.05) is 7.11 Å². The lowest BCUT2D eigenvalue weighted by Gasteiger charge is -2.30. The molecule has 100 valence electrons. The van der Waals surface area contributed by atoms with Gasteiger partial charge in [0, 0.05) is 12.7 Å². The monoisotopic (exact) mass is 266 g/mol. The van der Waals surface area contributed by atoms with Gasteiger partial charge < -0.3 is 9.84 Å². The highest BCUT2D eigenvalue weighted by Crippen LogP contribution is 2.42. The molecule has 1 aromatic rings. The van der Waals surface area contributed by atoms with Crippen molar-refractivity contribution in [3.63, 3.8) is 0 Å². The summed E-state index contributed by atoms with van der Waals surface area (Å²) in [6, 6.07) is 2.41. The molecule has 0 fully saturated rings. The van der Waals surface area contributed by atoms with Crippen LogP contribution in [-0.2, 0) is 15.1 Å². The van der Waals surface area contributed by atoms with E-state index in [4.69, 9.17) is 5.11 Å². The summed E-state index contributed by atoms with van der Waals surface area (Å²) in [6.45, 7) is 1.35. The van der Waals surface area contributed by atoms with E-state index >= 15 is 0 Å². The van der Waals surface area contributed by atoms with E-state index in [1.807, 2.05) is 0 Å². The number of methoxy groups -OCH3 is 1. The van der Waals surface area contributed by atoms with Crippen LogP contribution in [0.3, 0.4) is 0 Å². The summed E-state index contributed by atoms with van der Waals surface area (Å²) in [6.07, 6.45) is -5.21. The molecular weight excluding hydrogens is 256 g/mol. The Bertz CT molecular complexity index is 450. The van der Waals surface area contributed by atoms with Crippen LogP contribution in [0, 0.1) is 12.7 Å². The van der Waals surface area contributed by atoms with E-state index in [2.05, 4.69) is 4.74 Å². The van der Waals surface area contributed by atoms with Gasteiger partial charge in [-0.15, -0.1) is 0 Å². The smallest absolute Gasteiger partial charge is 0.432 e. The number of ether oxygens (including phenoxy) is 1. The number of carbonyl (C=O) groups is 1. The number of benzene rings is 1. The number of alkyl halides is 3. The minimum atomic E-state index is -5.21. The molecule has 1 N–H and O–H groups in total. The molecule has 7 heteroatoms. The van der Waals surface area contributed by atoms with E-state index < -0.39 is 29.1 Å². The number of rotatable bonds is 3. The SMILES string of the molecule is COC(C(=O)O)(c1cc(C)cc(F)c1)C(F)(F)F. The van der Waals surface area contributed by atoms with Crippen LogP contribution in [0.1, 0.15) is 11.1 Å². The first-order valence-electron chi connectivity index (χ1n) is 4.78. The predicted molar refractivity (Wildman–Crippen MR) is 53.5 cm³/mol. The fourth-order valence-electron chi connectivity index (χ4n) is 1.67. The van der Waals surface area contributed by atoms with Crippen molar-refractivity contribution < 1.29 is 32.2 Å². The first kappa shape index (κ1) is 14.4. The van der Waals surface area contributed by atoms with Crippen molar-refractivity contribution in [1.82, 2.24) is 0 Å². The van der Waals surface area contributed by atoms with Crippen LogP contribution in [0.5, 0.6) is 0 Å². The Morgan fingerprint density at radius 2 is 1.83 bits per heavy atom. The van der Waals surface area contributed by atoms with E-state index in [1.54, 1.807) is 0 Å². The van der Waals surface area contributed by atoms with E-state index in [0.717, 1.165) is 12.1 Å². The van der Waals surface area contributed by atoms with Gasteiger partial charge in [-0.1, -0.05) is 6.07 Å². The molecule has 0 amide bonds. The van der Waals surface area contributed by atoms with E-state index in [9.17, 15) is 22.4 Å². The molecule has 1 rings (SSSR count). The number of hydrogen-bond donors (Lipinski definition) is 1. The lowest BCUT2D eigenvalue weighted by molar-refractivity contribution is -0.273. The third-order valence-electron chi connectivity index (χ3n) is 2.46. The number of carboxylic acid groups (broad SMARTS) is 1. The highest BCUT2D eigenvalue weighted by atomic mass is 19.4. The first-order chi connectivity index (χ1) is 8.15. The lowest BCUT2D eigenvalue weighted by Crippen LogP contribution is -2.50. The zero-order valence-corrected chi connectivity index (χ0v) is 9.51. The van der Waals surface area contributed by atoms with Crippen molar-refractivity contribution in [2.45, 2.75) is 18.7 Å². The van der Waals surface area contributed by atoms with Gasteiger partial charge in [-0.05, 0) is 24.6 Å². The quantitative estimate of drug-likeness (QED) is 0.855. The Hall–Kier alpha value is -1.63. The summed E-state index contributed by atoms with van der Waals surface area (Å²) in [4.78, 5) is 11.0. The molecule has 1 atom stereocenters. The Labute approximate surface area is 100.0 Å². The Balaban J connectivity index is 3.58. The van der Waals surface area contributed by atoms with Crippen molar-refractivity contribution in [1.29, 1.82) is 0 Å². The van der Waals surface area contributed by atoms with Crippen LogP contribution in [0.25, 0.3) is 0 Å². The maximum Gasteiger partial charge on any atom is 0.432 e. The number of aryl methyl sites for hydroxylation is 1. The molecule has 0 aliphatic carbocycles. The first-order valence-corrected chi connectivity index (χ1v) is 4.78. The normalized spacial score (nSPS) is 15.2. The summed E-state index contributed by atoms with van der Waals surface area (Å²) in [7, 11) is 0.613. The van der Waals surface area contributed by atoms with E-state index in [1.165, 1.54) is 6.92 Å². The van der Waals surface area contributed by atoms with Crippen molar-refractivity contribution in [3.8, 4) is 0 Å². The van der Waals surface area contributed by atoms with Gasteiger partial charge in [0.1, 0.15) is 5.82 Å². The molecule has 0 saturated carbocycles. The number of halogens is 4. The molecule has 0 saturated heterocycles. The van der Waals surface area contributed by atoms with Crippen LogP contribution < -0.4 is 0 Å². The summed E-state index contributed by atoms with van der Waals surface area (Å²) < 4.78 is 56.1. The van der Waals surface area contributed by atoms with E-state index in [0.29, 0.717) is 13.2 Å². The topological polar surface area (TPSA) is 46.5 Å². The zero-order valence-electron chi connectivity index (χ0n) is 9.51. The lowest BCUT2D eigenvalue weighted by atomic mass is 9.91. The fourth-order valence-corrected chi connectivity index (χ4v) is 1.67. The minimum absolute atomic E-state index is 0.164. The second-order valence-corrected chi connectivity index (χ2v) is 3.71. The molecule has 0 aliphatic rings. The number of hydrogen-bond acceptors (Lipinski definition) is 2. The minimum Gasteiger partial charge on any atom is -0.479 e. The van der Waals surface area contributed by atoms with E-state index in [-0.39, 0.29) is 5.56 Å². The standard InChI is InChI=1S/C11H10F4O3/c1-6-3-7(5-8(12)4-6)10(18-2,9(16)17)11(13,14)15/h3-5H,1-2H3,(H,16,17). The van der Waals surface area contributed by atoms with Crippen LogP contribution in [-0.4, -0.2) is 24.4 Å². The molecule has 0 bridgehead atoms. The molecule has 18 heavy (non-hydrogen) atoms. The molecule has 0 aromatic heterocycles. The van der Waals surface area contributed by atoms with Gasteiger partial charge in [-0.25, -0.2) is 9.18 Å². The Morgan fingerprint density at radius 1 is 1.28 bits per heavy atom. The second-order valence-electron chi connectivity index (χ2n) is 3.71. The van der Waals surface area contributed by atoms with Crippen molar-refractivity contribution >= 4 is 5.97 Å². The maximum absolute atomic E-state index is 13.1.